The van der Waals surface area contributed by atoms with E-state index in [0.717, 1.165) is 11.3 Å². The van der Waals surface area contributed by atoms with Gasteiger partial charge in [-0.25, -0.2) is 4.98 Å². The Morgan fingerprint density at radius 2 is 1.95 bits per heavy atom. The predicted molar refractivity (Wildman–Crippen MR) is 78.5 cm³/mol. The number of hydrogen-bond acceptors (Lipinski definition) is 4. The van der Waals surface area contributed by atoms with Crippen LogP contribution < -0.4 is 10.9 Å². The summed E-state index contributed by atoms with van der Waals surface area (Å²) < 4.78 is 0. The lowest BCUT2D eigenvalue weighted by molar-refractivity contribution is 0.420. The molecule has 2 aromatic heterocycles. The maximum Gasteiger partial charge on any atom is 0.251 e. The maximum absolute atomic E-state index is 11.7. The van der Waals surface area contributed by atoms with Gasteiger partial charge in [-0.3, -0.25) is 9.78 Å². The van der Waals surface area contributed by atoms with Crippen molar-refractivity contribution in [3.63, 3.8) is 0 Å². The van der Waals surface area contributed by atoms with Gasteiger partial charge >= 0.3 is 0 Å². The molecule has 2 rings (SSSR count). The summed E-state index contributed by atoms with van der Waals surface area (Å²) in [6.45, 7) is 6.82. The zero-order valence-electron chi connectivity index (χ0n) is 12.1. The highest BCUT2D eigenvalue weighted by molar-refractivity contribution is 5.16. The third-order valence-corrected chi connectivity index (χ3v) is 2.76. The lowest BCUT2D eigenvalue weighted by atomic mass is 10.1. The van der Waals surface area contributed by atoms with Gasteiger partial charge in [-0.2, -0.15) is 0 Å². The van der Waals surface area contributed by atoms with Crippen molar-refractivity contribution in [3.05, 3.63) is 58.0 Å². The molecule has 106 valence electrons. The Labute approximate surface area is 118 Å². The molecule has 0 saturated heterocycles. The number of H-pyrrole nitrogens is 1. The van der Waals surface area contributed by atoms with Crippen LogP contribution in [-0.2, 0) is 13.0 Å². The molecule has 0 saturated carbocycles. The van der Waals surface area contributed by atoms with Gasteiger partial charge in [0.2, 0.25) is 0 Å². The molecular weight excluding hydrogens is 252 g/mol. The molecule has 0 aromatic carbocycles. The normalized spacial score (nSPS) is 11.6. The van der Waals surface area contributed by atoms with Gasteiger partial charge in [0.25, 0.3) is 5.56 Å². The smallest absolute Gasteiger partial charge is 0.251 e. The van der Waals surface area contributed by atoms with E-state index < -0.39 is 0 Å². The fraction of sp³-hybridized carbons (Fsp3) is 0.400. The molecule has 5 heteroatoms. The van der Waals surface area contributed by atoms with Crippen molar-refractivity contribution in [1.82, 2.24) is 20.3 Å². The zero-order chi connectivity index (χ0) is 14.6. The molecule has 0 atom stereocenters. The van der Waals surface area contributed by atoms with Crippen molar-refractivity contribution in [1.29, 1.82) is 0 Å². The van der Waals surface area contributed by atoms with Crippen molar-refractivity contribution in [2.45, 2.75) is 39.3 Å². The SMILES string of the molecule is CC(C)(C)NCc1cc(=O)[nH]c(Cc2ccncc2)n1. The van der Waals surface area contributed by atoms with Gasteiger partial charge in [-0.1, -0.05) is 0 Å². The van der Waals surface area contributed by atoms with E-state index >= 15 is 0 Å². The molecule has 0 amide bonds. The van der Waals surface area contributed by atoms with E-state index in [0.29, 0.717) is 18.8 Å². The number of rotatable bonds is 4. The number of hydrogen-bond donors (Lipinski definition) is 2. The van der Waals surface area contributed by atoms with Crippen LogP contribution in [-0.4, -0.2) is 20.5 Å². The third-order valence-electron chi connectivity index (χ3n) is 2.76. The Bertz CT molecular complexity index is 614. The Morgan fingerprint density at radius 3 is 2.60 bits per heavy atom. The van der Waals surface area contributed by atoms with E-state index in [-0.39, 0.29) is 11.1 Å². The van der Waals surface area contributed by atoms with Crippen molar-refractivity contribution < 1.29 is 0 Å². The lowest BCUT2D eigenvalue weighted by Gasteiger charge is -2.20. The fourth-order valence-electron chi connectivity index (χ4n) is 1.79. The van der Waals surface area contributed by atoms with Crippen LogP contribution in [0.1, 0.15) is 37.9 Å². The van der Waals surface area contributed by atoms with Gasteiger partial charge in [0, 0.05) is 37.0 Å². The minimum Gasteiger partial charge on any atom is -0.310 e. The Balaban J connectivity index is 2.14. The summed E-state index contributed by atoms with van der Waals surface area (Å²) in [5, 5.41) is 3.33. The molecule has 0 aliphatic heterocycles. The second-order valence-corrected chi connectivity index (χ2v) is 5.82. The standard InChI is InChI=1S/C15H20N4O/c1-15(2,3)17-10-12-9-14(20)19-13(18-12)8-11-4-6-16-7-5-11/h4-7,9,17H,8,10H2,1-3H3,(H,18,19,20). The van der Waals surface area contributed by atoms with Crippen molar-refractivity contribution in [3.8, 4) is 0 Å². The van der Waals surface area contributed by atoms with E-state index in [2.05, 4.69) is 41.0 Å². The van der Waals surface area contributed by atoms with E-state index in [9.17, 15) is 4.79 Å². The molecule has 5 nitrogen and oxygen atoms in total. The topological polar surface area (TPSA) is 70.7 Å². The second-order valence-electron chi connectivity index (χ2n) is 5.82. The first-order chi connectivity index (χ1) is 9.42. The molecular formula is C15H20N4O. The van der Waals surface area contributed by atoms with Crippen LogP contribution in [0.2, 0.25) is 0 Å². The molecule has 0 spiro atoms. The van der Waals surface area contributed by atoms with E-state index in [1.54, 1.807) is 12.4 Å². The second kappa shape index (κ2) is 5.96. The lowest BCUT2D eigenvalue weighted by Crippen LogP contribution is -2.35. The fourth-order valence-corrected chi connectivity index (χ4v) is 1.79. The van der Waals surface area contributed by atoms with Crippen molar-refractivity contribution in [2.24, 2.45) is 0 Å². The molecule has 0 aliphatic carbocycles. The number of aromatic amines is 1. The average Bonchev–Trinajstić information content (AvgIpc) is 2.36. The van der Waals surface area contributed by atoms with Gasteiger partial charge in [0.05, 0.1) is 5.69 Å². The number of aromatic nitrogens is 3. The van der Waals surface area contributed by atoms with Gasteiger partial charge < -0.3 is 10.3 Å². The average molecular weight is 272 g/mol. The number of pyridine rings is 1. The quantitative estimate of drug-likeness (QED) is 0.887. The summed E-state index contributed by atoms with van der Waals surface area (Å²) in [6, 6.07) is 5.37. The van der Waals surface area contributed by atoms with Gasteiger partial charge in [0.1, 0.15) is 5.82 Å². The van der Waals surface area contributed by atoms with Crippen LogP contribution in [0, 0.1) is 0 Å². The summed E-state index contributed by atoms with van der Waals surface area (Å²) >= 11 is 0. The highest BCUT2D eigenvalue weighted by atomic mass is 16.1. The van der Waals surface area contributed by atoms with Crippen LogP contribution >= 0.6 is 0 Å². The van der Waals surface area contributed by atoms with Gasteiger partial charge in [0.15, 0.2) is 0 Å². The summed E-state index contributed by atoms with van der Waals surface area (Å²) in [6.07, 6.45) is 4.07. The first-order valence-electron chi connectivity index (χ1n) is 6.65. The Hall–Kier alpha value is -2.01. The van der Waals surface area contributed by atoms with Crippen LogP contribution in [0.15, 0.2) is 35.4 Å². The third kappa shape index (κ3) is 4.59. The molecule has 2 N–H and O–H groups in total. The molecule has 0 fully saturated rings. The summed E-state index contributed by atoms with van der Waals surface area (Å²) in [5.41, 5.74) is 1.71. The van der Waals surface area contributed by atoms with Crippen LogP contribution in [0.4, 0.5) is 0 Å². The minimum absolute atomic E-state index is 0.00442. The van der Waals surface area contributed by atoms with Crippen molar-refractivity contribution >= 4 is 0 Å². The number of nitrogens with zero attached hydrogens (tertiary/aromatic N) is 2. The number of nitrogens with one attached hydrogen (secondary N) is 2. The zero-order valence-corrected chi connectivity index (χ0v) is 12.1. The van der Waals surface area contributed by atoms with Gasteiger partial charge in [-0.15, -0.1) is 0 Å². The highest BCUT2D eigenvalue weighted by Crippen LogP contribution is 2.05. The van der Waals surface area contributed by atoms with Crippen LogP contribution in [0.25, 0.3) is 0 Å². The van der Waals surface area contributed by atoms with Crippen molar-refractivity contribution in [2.75, 3.05) is 0 Å². The first kappa shape index (κ1) is 14.4. The molecule has 0 aliphatic rings. The van der Waals surface area contributed by atoms with Crippen LogP contribution in [0.3, 0.4) is 0 Å². The largest absolute Gasteiger partial charge is 0.310 e. The highest BCUT2D eigenvalue weighted by Gasteiger charge is 2.10. The Kier molecular flexibility index (Phi) is 4.29. The molecule has 2 heterocycles. The monoisotopic (exact) mass is 272 g/mol. The summed E-state index contributed by atoms with van der Waals surface area (Å²) in [4.78, 5) is 22.9. The molecule has 0 radical (unpaired) electrons. The maximum atomic E-state index is 11.7. The molecule has 2 aromatic rings. The van der Waals surface area contributed by atoms with E-state index in [4.69, 9.17) is 0 Å². The summed E-state index contributed by atoms with van der Waals surface area (Å²) in [7, 11) is 0. The minimum atomic E-state index is -0.116. The molecule has 0 unspecified atom stereocenters. The first-order valence-corrected chi connectivity index (χ1v) is 6.65. The molecule has 0 bridgehead atoms. The van der Waals surface area contributed by atoms with E-state index in [1.165, 1.54) is 6.07 Å². The summed E-state index contributed by atoms with van der Waals surface area (Å²) in [5.74, 6) is 0.675. The van der Waals surface area contributed by atoms with E-state index in [1.807, 2.05) is 12.1 Å². The van der Waals surface area contributed by atoms with Gasteiger partial charge in [-0.05, 0) is 38.5 Å². The Morgan fingerprint density at radius 1 is 1.25 bits per heavy atom. The molecule has 20 heavy (non-hydrogen) atoms. The van der Waals surface area contributed by atoms with Crippen LogP contribution in [0.5, 0.6) is 0 Å². The predicted octanol–water partition coefficient (Wildman–Crippen LogP) is 1.64.